The third-order valence-electron chi connectivity index (χ3n) is 5.33. The first-order valence-corrected chi connectivity index (χ1v) is 10.1. The molecule has 0 aliphatic carbocycles. The van der Waals surface area contributed by atoms with Gasteiger partial charge in [-0.15, -0.1) is 10.2 Å². The van der Waals surface area contributed by atoms with Gasteiger partial charge in [0.2, 0.25) is 0 Å². The number of carbonyl (C=O) groups is 1. The molecule has 1 aliphatic heterocycles. The van der Waals surface area contributed by atoms with Gasteiger partial charge >= 0.3 is 0 Å². The summed E-state index contributed by atoms with van der Waals surface area (Å²) in [5, 5.41) is 11.6. The normalized spacial score (nSPS) is 14.3. The molecule has 0 radical (unpaired) electrons. The van der Waals surface area contributed by atoms with Gasteiger partial charge in [-0.3, -0.25) is 9.69 Å². The lowest BCUT2D eigenvalue weighted by Crippen LogP contribution is -2.28. The Kier molecular flexibility index (Phi) is 5.71. The minimum atomic E-state index is -0.0898. The molecule has 6 heteroatoms. The number of hydrogen-bond donors (Lipinski definition) is 1. The van der Waals surface area contributed by atoms with Crippen molar-refractivity contribution in [2.24, 2.45) is 0 Å². The van der Waals surface area contributed by atoms with Crippen molar-refractivity contribution >= 4 is 5.91 Å². The molecule has 0 atom stereocenters. The Morgan fingerprint density at radius 3 is 2.52 bits per heavy atom. The summed E-state index contributed by atoms with van der Waals surface area (Å²) in [6, 6.07) is 16.0. The number of nitrogens with zero attached hydrogens (tertiary/aromatic N) is 4. The van der Waals surface area contributed by atoms with Crippen molar-refractivity contribution in [3.63, 3.8) is 0 Å². The lowest BCUT2D eigenvalue weighted by molar-refractivity contribution is 0.0949. The predicted octanol–water partition coefficient (Wildman–Crippen LogP) is 2.88. The Morgan fingerprint density at radius 1 is 1.00 bits per heavy atom. The predicted molar refractivity (Wildman–Crippen MR) is 113 cm³/mol. The molecule has 2 aromatic carbocycles. The molecule has 0 fully saturated rings. The van der Waals surface area contributed by atoms with Crippen LogP contribution in [-0.2, 0) is 26.1 Å². The van der Waals surface area contributed by atoms with E-state index in [2.05, 4.69) is 57.0 Å². The maximum atomic E-state index is 12.3. The van der Waals surface area contributed by atoms with E-state index < -0.39 is 0 Å². The van der Waals surface area contributed by atoms with E-state index >= 15 is 0 Å². The molecule has 6 nitrogen and oxygen atoms in total. The van der Waals surface area contributed by atoms with Crippen LogP contribution in [0.1, 0.15) is 38.7 Å². The van der Waals surface area contributed by atoms with Gasteiger partial charge in [0.1, 0.15) is 5.82 Å². The Hall–Kier alpha value is -2.99. The average Bonchev–Trinajstić information content (AvgIpc) is 2.99. The van der Waals surface area contributed by atoms with Crippen LogP contribution in [0, 0.1) is 13.8 Å². The van der Waals surface area contributed by atoms with Crippen molar-refractivity contribution in [3.8, 4) is 0 Å². The monoisotopic (exact) mass is 389 g/mol. The maximum absolute atomic E-state index is 12.3. The molecule has 1 aliphatic rings. The Bertz CT molecular complexity index is 976. The van der Waals surface area contributed by atoms with Gasteiger partial charge in [0.05, 0.1) is 6.54 Å². The summed E-state index contributed by atoms with van der Waals surface area (Å²) in [6.07, 6.45) is 0.866. The van der Waals surface area contributed by atoms with Crippen LogP contribution in [0.15, 0.2) is 48.5 Å². The van der Waals surface area contributed by atoms with Crippen LogP contribution in [0.25, 0.3) is 0 Å². The number of rotatable bonds is 5. The fraction of sp³-hybridized carbons (Fsp3) is 0.348. The summed E-state index contributed by atoms with van der Waals surface area (Å²) in [7, 11) is 0. The van der Waals surface area contributed by atoms with Crippen molar-refractivity contribution in [2.45, 2.75) is 39.9 Å². The van der Waals surface area contributed by atoms with E-state index in [0.717, 1.165) is 44.2 Å². The van der Waals surface area contributed by atoms with Gasteiger partial charge in [-0.25, -0.2) is 0 Å². The second-order valence-corrected chi connectivity index (χ2v) is 7.75. The molecule has 0 spiro atoms. The van der Waals surface area contributed by atoms with E-state index in [1.165, 1.54) is 16.7 Å². The molecule has 0 saturated heterocycles. The van der Waals surface area contributed by atoms with Crippen molar-refractivity contribution in [2.75, 3.05) is 13.1 Å². The highest BCUT2D eigenvalue weighted by Gasteiger charge is 2.19. The minimum Gasteiger partial charge on any atom is -0.345 e. The number of amides is 1. The number of aromatic nitrogens is 3. The Balaban J connectivity index is 1.38. The molecule has 0 bridgehead atoms. The van der Waals surface area contributed by atoms with E-state index in [0.29, 0.717) is 12.1 Å². The van der Waals surface area contributed by atoms with E-state index in [1.54, 1.807) is 0 Å². The number of fused-ring (bicyclic) bond motifs is 1. The van der Waals surface area contributed by atoms with Gasteiger partial charge in [-0.2, -0.15) is 0 Å². The van der Waals surface area contributed by atoms with Crippen molar-refractivity contribution in [1.82, 2.24) is 25.0 Å². The Labute approximate surface area is 171 Å². The summed E-state index contributed by atoms with van der Waals surface area (Å²) >= 11 is 0. The van der Waals surface area contributed by atoms with Crippen molar-refractivity contribution in [1.29, 1.82) is 0 Å². The molecule has 1 aromatic heterocycles. The van der Waals surface area contributed by atoms with Gasteiger partial charge in [-0.1, -0.05) is 47.5 Å². The number of hydrogen-bond acceptors (Lipinski definition) is 4. The van der Waals surface area contributed by atoms with Gasteiger partial charge < -0.3 is 9.88 Å². The fourth-order valence-corrected chi connectivity index (χ4v) is 3.99. The number of nitrogens with one attached hydrogen (secondary N) is 1. The van der Waals surface area contributed by atoms with Crippen LogP contribution < -0.4 is 5.32 Å². The van der Waals surface area contributed by atoms with Gasteiger partial charge in [0.25, 0.3) is 5.91 Å². The zero-order valence-corrected chi connectivity index (χ0v) is 17.1. The first-order valence-electron chi connectivity index (χ1n) is 10.1. The fourth-order valence-electron chi connectivity index (χ4n) is 3.99. The summed E-state index contributed by atoms with van der Waals surface area (Å²) in [5.41, 5.74) is 4.63. The smallest absolute Gasteiger partial charge is 0.251 e. The SMILES string of the molecule is Cc1cc(C)cc(CN2CCc3nnc(CNC(=O)c4ccccc4)n3CC2)c1. The standard InChI is InChI=1S/C23H27N5O/c1-17-12-18(2)14-19(13-17)16-27-9-8-21-25-26-22(28(21)11-10-27)15-24-23(29)20-6-4-3-5-7-20/h3-7,12-14H,8-11,15-16H2,1-2H3,(H,24,29). The van der Waals surface area contributed by atoms with Gasteiger partial charge in [0, 0.05) is 38.2 Å². The molecule has 4 rings (SSSR count). The van der Waals surface area contributed by atoms with Crippen LogP contribution in [0.4, 0.5) is 0 Å². The summed E-state index contributed by atoms with van der Waals surface area (Å²) in [6.45, 7) is 8.37. The molecule has 0 unspecified atom stereocenters. The van der Waals surface area contributed by atoms with Gasteiger partial charge in [0.15, 0.2) is 5.82 Å². The van der Waals surface area contributed by atoms with Crippen molar-refractivity contribution in [3.05, 3.63) is 82.4 Å². The Morgan fingerprint density at radius 2 is 1.76 bits per heavy atom. The molecule has 0 saturated carbocycles. The average molecular weight is 390 g/mol. The molecule has 1 N–H and O–H groups in total. The number of benzene rings is 2. The highest BCUT2D eigenvalue weighted by atomic mass is 16.1. The van der Waals surface area contributed by atoms with Crippen molar-refractivity contribution < 1.29 is 4.79 Å². The molecule has 150 valence electrons. The number of carbonyl (C=O) groups excluding carboxylic acids is 1. The summed E-state index contributed by atoms with van der Waals surface area (Å²) in [5.74, 6) is 1.72. The lowest BCUT2D eigenvalue weighted by Gasteiger charge is -2.20. The third-order valence-corrected chi connectivity index (χ3v) is 5.33. The first kappa shape index (κ1) is 19.3. The molecular weight excluding hydrogens is 362 g/mol. The third kappa shape index (κ3) is 4.71. The zero-order valence-electron chi connectivity index (χ0n) is 17.1. The molecule has 1 amide bonds. The van der Waals surface area contributed by atoms with Crippen LogP contribution in [0.5, 0.6) is 0 Å². The molecular formula is C23H27N5O. The molecule has 2 heterocycles. The maximum Gasteiger partial charge on any atom is 0.251 e. The highest BCUT2D eigenvalue weighted by molar-refractivity contribution is 5.93. The first-order chi connectivity index (χ1) is 14.1. The number of aryl methyl sites for hydroxylation is 2. The highest BCUT2D eigenvalue weighted by Crippen LogP contribution is 2.15. The second-order valence-electron chi connectivity index (χ2n) is 7.75. The second kappa shape index (κ2) is 8.57. The lowest BCUT2D eigenvalue weighted by atomic mass is 10.1. The quantitative estimate of drug-likeness (QED) is 0.729. The summed E-state index contributed by atoms with van der Waals surface area (Å²) < 4.78 is 2.16. The topological polar surface area (TPSA) is 63.1 Å². The van der Waals surface area contributed by atoms with Crippen LogP contribution in [0.3, 0.4) is 0 Å². The van der Waals surface area contributed by atoms with E-state index in [4.69, 9.17) is 0 Å². The van der Waals surface area contributed by atoms with Crippen LogP contribution in [-0.4, -0.2) is 38.7 Å². The van der Waals surface area contributed by atoms with Gasteiger partial charge in [-0.05, 0) is 31.5 Å². The van der Waals surface area contributed by atoms with E-state index in [-0.39, 0.29) is 5.91 Å². The van der Waals surface area contributed by atoms with E-state index in [1.807, 2.05) is 30.3 Å². The summed E-state index contributed by atoms with van der Waals surface area (Å²) in [4.78, 5) is 14.8. The molecule has 29 heavy (non-hydrogen) atoms. The molecule has 3 aromatic rings. The van der Waals surface area contributed by atoms with Crippen LogP contribution in [0.2, 0.25) is 0 Å². The van der Waals surface area contributed by atoms with Crippen LogP contribution >= 0.6 is 0 Å². The van der Waals surface area contributed by atoms with E-state index in [9.17, 15) is 4.79 Å². The largest absolute Gasteiger partial charge is 0.345 e. The minimum absolute atomic E-state index is 0.0898. The zero-order chi connectivity index (χ0) is 20.2.